The predicted octanol–water partition coefficient (Wildman–Crippen LogP) is 2.52. The first kappa shape index (κ1) is 10.3. The van der Waals surface area contributed by atoms with Crippen molar-refractivity contribution < 1.29 is 9.21 Å². The minimum atomic E-state index is 0.00521. The fourth-order valence-corrected chi connectivity index (χ4v) is 1.54. The van der Waals surface area contributed by atoms with Gasteiger partial charge >= 0.3 is 0 Å². The third-order valence-electron chi connectivity index (χ3n) is 1.90. The molecule has 0 spiro atoms. The number of amides is 1. The molecule has 1 rings (SSSR count). The van der Waals surface area contributed by atoms with Crippen LogP contribution in [-0.4, -0.2) is 23.9 Å². The molecule has 0 aliphatic carbocycles. The van der Waals surface area contributed by atoms with Crippen molar-refractivity contribution in [3.8, 4) is 0 Å². The largest absolute Gasteiger partial charge is 0.457 e. The molecule has 0 aliphatic rings. The van der Waals surface area contributed by atoms with Gasteiger partial charge in [-0.05, 0) is 35.8 Å². The second-order valence-electron chi connectivity index (χ2n) is 2.59. The Kier molecular flexibility index (Phi) is 3.54. The number of nitrogens with zero attached hydrogens (tertiary/aromatic N) is 1. The molecule has 0 saturated carbocycles. The molecule has 72 valence electrons. The summed E-state index contributed by atoms with van der Waals surface area (Å²) in [7, 11) is 0. The first-order valence-corrected chi connectivity index (χ1v) is 5.02. The first-order chi connectivity index (χ1) is 6.20. The van der Waals surface area contributed by atoms with E-state index in [-0.39, 0.29) is 5.91 Å². The fraction of sp³-hybridized carbons (Fsp3) is 0.444. The van der Waals surface area contributed by atoms with Crippen molar-refractivity contribution in [2.24, 2.45) is 0 Å². The third kappa shape index (κ3) is 2.12. The molecule has 1 aromatic rings. The molecule has 3 nitrogen and oxygen atoms in total. The highest BCUT2D eigenvalue weighted by Crippen LogP contribution is 2.19. The summed E-state index contributed by atoms with van der Waals surface area (Å²) >= 11 is 3.18. The van der Waals surface area contributed by atoms with E-state index in [9.17, 15) is 4.79 Å². The third-order valence-corrected chi connectivity index (χ3v) is 2.51. The normalized spacial score (nSPS) is 10.1. The lowest BCUT2D eigenvalue weighted by Gasteiger charge is -2.17. The monoisotopic (exact) mass is 245 g/mol. The Morgan fingerprint density at radius 2 is 2.15 bits per heavy atom. The van der Waals surface area contributed by atoms with Crippen molar-refractivity contribution in [1.29, 1.82) is 0 Å². The smallest absolute Gasteiger partial charge is 0.258 e. The molecule has 13 heavy (non-hydrogen) atoms. The Labute approximate surface area is 85.8 Å². The maximum atomic E-state index is 11.7. The van der Waals surface area contributed by atoms with E-state index in [1.54, 1.807) is 11.0 Å². The summed E-state index contributed by atoms with van der Waals surface area (Å²) in [5, 5.41) is 0. The average molecular weight is 246 g/mol. The van der Waals surface area contributed by atoms with Crippen molar-refractivity contribution in [2.45, 2.75) is 13.8 Å². The Bertz CT molecular complexity index is 292. The van der Waals surface area contributed by atoms with E-state index in [2.05, 4.69) is 15.9 Å². The van der Waals surface area contributed by atoms with Crippen LogP contribution in [0.2, 0.25) is 0 Å². The van der Waals surface area contributed by atoms with Crippen LogP contribution in [0, 0.1) is 0 Å². The fourth-order valence-electron chi connectivity index (χ4n) is 1.13. The van der Waals surface area contributed by atoms with Crippen LogP contribution in [-0.2, 0) is 0 Å². The van der Waals surface area contributed by atoms with E-state index in [4.69, 9.17) is 4.42 Å². The minimum absolute atomic E-state index is 0.00521. The second-order valence-corrected chi connectivity index (χ2v) is 3.31. The van der Waals surface area contributed by atoms with Crippen LogP contribution >= 0.6 is 15.9 Å². The Hall–Kier alpha value is -0.770. The SMILES string of the molecule is CCN(CC)C(=O)c1ccoc1Br. The van der Waals surface area contributed by atoms with Crippen LogP contribution < -0.4 is 0 Å². The van der Waals surface area contributed by atoms with Gasteiger partial charge in [0.05, 0.1) is 11.8 Å². The summed E-state index contributed by atoms with van der Waals surface area (Å²) in [4.78, 5) is 13.5. The Morgan fingerprint density at radius 3 is 2.54 bits per heavy atom. The molecule has 0 N–H and O–H groups in total. The maximum absolute atomic E-state index is 11.7. The number of hydrogen-bond acceptors (Lipinski definition) is 2. The Morgan fingerprint density at radius 1 is 1.54 bits per heavy atom. The van der Waals surface area contributed by atoms with Crippen molar-refractivity contribution in [2.75, 3.05) is 13.1 Å². The summed E-state index contributed by atoms with van der Waals surface area (Å²) in [6.45, 7) is 5.34. The zero-order chi connectivity index (χ0) is 9.84. The molecule has 0 aromatic carbocycles. The van der Waals surface area contributed by atoms with E-state index in [1.807, 2.05) is 13.8 Å². The predicted molar refractivity (Wildman–Crippen MR) is 53.7 cm³/mol. The van der Waals surface area contributed by atoms with Crippen LogP contribution in [0.3, 0.4) is 0 Å². The quantitative estimate of drug-likeness (QED) is 0.821. The zero-order valence-electron chi connectivity index (χ0n) is 7.71. The van der Waals surface area contributed by atoms with E-state index < -0.39 is 0 Å². The van der Waals surface area contributed by atoms with Gasteiger partial charge < -0.3 is 9.32 Å². The molecule has 0 aliphatic heterocycles. The average Bonchev–Trinajstić information content (AvgIpc) is 2.53. The number of halogens is 1. The summed E-state index contributed by atoms with van der Waals surface area (Å²) in [6.07, 6.45) is 1.50. The van der Waals surface area contributed by atoms with Crippen LogP contribution in [0.25, 0.3) is 0 Å². The number of hydrogen-bond donors (Lipinski definition) is 0. The van der Waals surface area contributed by atoms with Crippen LogP contribution in [0.4, 0.5) is 0 Å². The van der Waals surface area contributed by atoms with Crippen LogP contribution in [0.5, 0.6) is 0 Å². The standard InChI is InChI=1S/C9H12BrNO2/c1-3-11(4-2)9(12)7-5-6-13-8(7)10/h5-6H,3-4H2,1-2H3. The highest BCUT2D eigenvalue weighted by atomic mass is 79.9. The van der Waals surface area contributed by atoms with Gasteiger partial charge in [0.25, 0.3) is 5.91 Å². The summed E-state index contributed by atoms with van der Waals surface area (Å²) in [5.74, 6) is 0.00521. The van der Waals surface area contributed by atoms with Gasteiger partial charge in [-0.1, -0.05) is 0 Å². The number of rotatable bonds is 3. The van der Waals surface area contributed by atoms with Gasteiger partial charge in [-0.15, -0.1) is 0 Å². The van der Waals surface area contributed by atoms with Gasteiger partial charge in [0, 0.05) is 13.1 Å². The number of furan rings is 1. The molecule has 0 saturated heterocycles. The van der Waals surface area contributed by atoms with Gasteiger partial charge in [0.1, 0.15) is 0 Å². The highest BCUT2D eigenvalue weighted by Gasteiger charge is 2.16. The highest BCUT2D eigenvalue weighted by molar-refractivity contribution is 9.10. The minimum Gasteiger partial charge on any atom is -0.457 e. The number of carbonyl (C=O) groups is 1. The van der Waals surface area contributed by atoms with Crippen molar-refractivity contribution >= 4 is 21.8 Å². The van der Waals surface area contributed by atoms with Crippen molar-refractivity contribution in [1.82, 2.24) is 4.90 Å². The molecule has 0 bridgehead atoms. The van der Waals surface area contributed by atoms with E-state index >= 15 is 0 Å². The van der Waals surface area contributed by atoms with Crippen LogP contribution in [0.15, 0.2) is 21.4 Å². The van der Waals surface area contributed by atoms with Gasteiger partial charge in [-0.2, -0.15) is 0 Å². The molecule has 4 heteroatoms. The van der Waals surface area contributed by atoms with Crippen LogP contribution in [0.1, 0.15) is 24.2 Å². The van der Waals surface area contributed by atoms with Gasteiger partial charge in [0.15, 0.2) is 4.67 Å². The number of carbonyl (C=O) groups excluding carboxylic acids is 1. The molecule has 0 atom stereocenters. The summed E-state index contributed by atoms with van der Waals surface area (Å²) in [5.41, 5.74) is 0.587. The van der Waals surface area contributed by atoms with Gasteiger partial charge in [-0.3, -0.25) is 4.79 Å². The topological polar surface area (TPSA) is 33.5 Å². The first-order valence-electron chi connectivity index (χ1n) is 4.23. The molecule has 0 unspecified atom stereocenters. The van der Waals surface area contributed by atoms with Crippen molar-refractivity contribution in [3.63, 3.8) is 0 Å². The lowest BCUT2D eigenvalue weighted by molar-refractivity contribution is 0.0771. The van der Waals surface area contributed by atoms with E-state index in [0.717, 1.165) is 0 Å². The lowest BCUT2D eigenvalue weighted by Crippen LogP contribution is -2.30. The maximum Gasteiger partial charge on any atom is 0.258 e. The molecule has 1 amide bonds. The summed E-state index contributed by atoms with van der Waals surface area (Å²) < 4.78 is 5.50. The molecule has 0 fully saturated rings. The summed E-state index contributed by atoms with van der Waals surface area (Å²) in [6, 6.07) is 1.67. The van der Waals surface area contributed by atoms with E-state index in [1.165, 1.54) is 6.26 Å². The molecule has 0 radical (unpaired) electrons. The van der Waals surface area contributed by atoms with Gasteiger partial charge in [-0.25, -0.2) is 0 Å². The second kappa shape index (κ2) is 4.46. The van der Waals surface area contributed by atoms with Crippen molar-refractivity contribution in [3.05, 3.63) is 22.6 Å². The Balaban J connectivity index is 2.84. The van der Waals surface area contributed by atoms with Gasteiger partial charge in [0.2, 0.25) is 0 Å². The lowest BCUT2D eigenvalue weighted by atomic mass is 10.3. The van der Waals surface area contributed by atoms with E-state index in [0.29, 0.717) is 23.3 Å². The molecular weight excluding hydrogens is 234 g/mol. The molecule has 1 heterocycles. The molecule has 1 aromatic heterocycles. The molecular formula is C9H12BrNO2. The zero-order valence-corrected chi connectivity index (χ0v) is 9.30.